The van der Waals surface area contributed by atoms with Gasteiger partial charge in [-0.15, -0.1) is 0 Å². The minimum absolute atomic E-state index is 0.280. The third-order valence-corrected chi connectivity index (χ3v) is 3.62. The van der Waals surface area contributed by atoms with E-state index in [1.54, 1.807) is 0 Å². The molecule has 0 spiro atoms. The van der Waals surface area contributed by atoms with Crippen LogP contribution in [0, 0.1) is 0 Å². The van der Waals surface area contributed by atoms with E-state index in [9.17, 15) is 4.79 Å². The molecule has 0 aliphatic carbocycles. The summed E-state index contributed by atoms with van der Waals surface area (Å²) in [6.45, 7) is 4.69. The number of methoxy groups -OCH3 is 1. The maximum absolute atomic E-state index is 12.3. The molecule has 1 rings (SSSR count). The highest BCUT2D eigenvalue weighted by Crippen LogP contribution is 2.27. The van der Waals surface area contributed by atoms with Crippen LogP contribution in [0.25, 0.3) is 10.4 Å². The molecule has 0 radical (unpaired) electrons. The zero-order valence-electron chi connectivity index (χ0n) is 12.8. The molecule has 0 bridgehead atoms. The molecular formula is C15H22N4O2. The summed E-state index contributed by atoms with van der Waals surface area (Å²) in [7, 11) is 1.38. The Kier molecular flexibility index (Phi) is 6.72. The molecule has 0 fully saturated rings. The van der Waals surface area contributed by atoms with Gasteiger partial charge in [0.2, 0.25) is 0 Å². The summed E-state index contributed by atoms with van der Waals surface area (Å²) >= 11 is 0. The van der Waals surface area contributed by atoms with Gasteiger partial charge < -0.3 is 4.74 Å². The SMILES string of the molecule is CCc1ccc(C(CC)(NCCN=[N+]=[N-])C(=O)OC)cc1. The fraction of sp³-hybridized carbons (Fsp3) is 0.533. The molecule has 114 valence electrons. The van der Waals surface area contributed by atoms with E-state index in [0.717, 1.165) is 12.0 Å². The summed E-state index contributed by atoms with van der Waals surface area (Å²) in [5, 5.41) is 6.66. The lowest BCUT2D eigenvalue weighted by atomic mass is 9.86. The normalized spacial score (nSPS) is 13.1. The first kappa shape index (κ1) is 17.0. The topological polar surface area (TPSA) is 87.1 Å². The number of ether oxygens (including phenoxy) is 1. The first-order valence-electron chi connectivity index (χ1n) is 7.08. The van der Waals surface area contributed by atoms with Crippen molar-refractivity contribution >= 4 is 5.97 Å². The van der Waals surface area contributed by atoms with Crippen LogP contribution in [0.4, 0.5) is 0 Å². The molecule has 6 nitrogen and oxygen atoms in total. The molecule has 0 aliphatic rings. The zero-order valence-corrected chi connectivity index (χ0v) is 12.8. The maximum Gasteiger partial charge on any atom is 0.330 e. The van der Waals surface area contributed by atoms with Crippen molar-refractivity contribution in [1.29, 1.82) is 0 Å². The summed E-state index contributed by atoms with van der Waals surface area (Å²) in [5.41, 5.74) is 9.48. The van der Waals surface area contributed by atoms with Crippen LogP contribution in [0.5, 0.6) is 0 Å². The zero-order chi connectivity index (χ0) is 15.7. The Morgan fingerprint density at radius 1 is 1.38 bits per heavy atom. The smallest absolute Gasteiger partial charge is 0.330 e. The highest BCUT2D eigenvalue weighted by atomic mass is 16.5. The predicted molar refractivity (Wildman–Crippen MR) is 81.8 cm³/mol. The highest BCUT2D eigenvalue weighted by molar-refractivity contribution is 5.82. The second-order valence-corrected chi connectivity index (χ2v) is 4.68. The van der Waals surface area contributed by atoms with Crippen molar-refractivity contribution in [2.75, 3.05) is 20.2 Å². The van der Waals surface area contributed by atoms with Crippen LogP contribution in [0.15, 0.2) is 29.4 Å². The molecule has 6 heteroatoms. The quantitative estimate of drug-likeness (QED) is 0.262. The molecule has 1 unspecified atom stereocenters. The monoisotopic (exact) mass is 290 g/mol. The Morgan fingerprint density at radius 3 is 2.52 bits per heavy atom. The number of benzene rings is 1. The van der Waals surface area contributed by atoms with Crippen LogP contribution in [0.2, 0.25) is 0 Å². The molecular weight excluding hydrogens is 268 g/mol. The molecule has 0 saturated heterocycles. The number of rotatable bonds is 8. The number of esters is 1. The average Bonchev–Trinajstić information content (AvgIpc) is 2.55. The van der Waals surface area contributed by atoms with Crippen LogP contribution in [0.1, 0.15) is 31.4 Å². The van der Waals surface area contributed by atoms with Crippen molar-refractivity contribution in [2.45, 2.75) is 32.2 Å². The van der Waals surface area contributed by atoms with Gasteiger partial charge in [-0.05, 0) is 29.5 Å². The van der Waals surface area contributed by atoms with E-state index < -0.39 is 5.54 Å². The van der Waals surface area contributed by atoms with Gasteiger partial charge in [0.25, 0.3) is 0 Å². The van der Waals surface area contributed by atoms with Gasteiger partial charge in [-0.25, -0.2) is 4.79 Å². The molecule has 1 aromatic rings. The van der Waals surface area contributed by atoms with E-state index in [4.69, 9.17) is 10.3 Å². The maximum atomic E-state index is 12.3. The standard InChI is InChI=1S/C15H22N4O2/c1-4-12-6-8-13(9-7-12)15(5-2,14(20)21-3)17-10-11-18-19-16/h6-9,17H,4-5,10-11H2,1-3H3. The van der Waals surface area contributed by atoms with Crippen molar-refractivity contribution in [3.05, 3.63) is 45.8 Å². The minimum Gasteiger partial charge on any atom is -0.467 e. The first-order valence-corrected chi connectivity index (χ1v) is 7.08. The Morgan fingerprint density at radius 2 is 2.05 bits per heavy atom. The second-order valence-electron chi connectivity index (χ2n) is 4.68. The lowest BCUT2D eigenvalue weighted by Crippen LogP contribution is -2.50. The van der Waals surface area contributed by atoms with Crippen molar-refractivity contribution in [1.82, 2.24) is 5.32 Å². The summed E-state index contributed by atoms with van der Waals surface area (Å²) in [4.78, 5) is 15.0. The van der Waals surface area contributed by atoms with E-state index >= 15 is 0 Å². The molecule has 0 aromatic heterocycles. The molecule has 0 heterocycles. The van der Waals surface area contributed by atoms with Crippen LogP contribution >= 0.6 is 0 Å². The van der Waals surface area contributed by atoms with E-state index in [1.165, 1.54) is 12.7 Å². The average molecular weight is 290 g/mol. The summed E-state index contributed by atoms with van der Waals surface area (Å²) in [6.07, 6.45) is 1.49. The van der Waals surface area contributed by atoms with Crippen molar-refractivity contribution < 1.29 is 9.53 Å². The molecule has 0 aliphatic heterocycles. The lowest BCUT2D eigenvalue weighted by molar-refractivity contribution is -0.149. The van der Waals surface area contributed by atoms with Gasteiger partial charge in [-0.2, -0.15) is 0 Å². The molecule has 1 atom stereocenters. The summed E-state index contributed by atoms with van der Waals surface area (Å²) in [6, 6.07) is 7.91. The van der Waals surface area contributed by atoms with Gasteiger partial charge in [0.1, 0.15) is 5.54 Å². The predicted octanol–water partition coefficient (Wildman–Crippen LogP) is 2.93. The number of hydrogen-bond acceptors (Lipinski definition) is 4. The van der Waals surface area contributed by atoms with E-state index in [1.807, 2.05) is 31.2 Å². The largest absolute Gasteiger partial charge is 0.467 e. The van der Waals surface area contributed by atoms with Gasteiger partial charge in [0.15, 0.2) is 0 Å². The molecule has 0 saturated carbocycles. The van der Waals surface area contributed by atoms with Crippen LogP contribution < -0.4 is 5.32 Å². The Bertz CT molecular complexity index is 509. The number of carbonyl (C=O) groups excluding carboxylic acids is 1. The van der Waals surface area contributed by atoms with Crippen molar-refractivity contribution in [2.24, 2.45) is 5.11 Å². The van der Waals surface area contributed by atoms with E-state index in [-0.39, 0.29) is 12.5 Å². The van der Waals surface area contributed by atoms with E-state index in [0.29, 0.717) is 13.0 Å². The molecule has 1 N–H and O–H groups in total. The number of aryl methyl sites for hydroxylation is 1. The number of carbonyl (C=O) groups is 1. The number of hydrogen-bond donors (Lipinski definition) is 1. The first-order chi connectivity index (χ1) is 10.1. The Labute approximate surface area is 125 Å². The van der Waals surface area contributed by atoms with Gasteiger partial charge in [0.05, 0.1) is 7.11 Å². The van der Waals surface area contributed by atoms with Gasteiger partial charge in [-0.3, -0.25) is 5.32 Å². The van der Waals surface area contributed by atoms with Crippen molar-refractivity contribution in [3.8, 4) is 0 Å². The van der Waals surface area contributed by atoms with Crippen LogP contribution in [-0.2, 0) is 21.5 Å². The Balaban J connectivity index is 3.08. The number of nitrogens with zero attached hydrogens (tertiary/aromatic N) is 3. The van der Waals surface area contributed by atoms with Gasteiger partial charge >= 0.3 is 5.97 Å². The fourth-order valence-electron chi connectivity index (χ4n) is 2.33. The second kappa shape index (κ2) is 8.29. The third-order valence-electron chi connectivity index (χ3n) is 3.62. The van der Waals surface area contributed by atoms with E-state index in [2.05, 4.69) is 22.3 Å². The minimum atomic E-state index is -0.911. The third kappa shape index (κ3) is 3.97. The number of nitrogens with one attached hydrogen (secondary N) is 1. The van der Waals surface area contributed by atoms with Gasteiger partial charge in [0, 0.05) is 18.0 Å². The Hall–Kier alpha value is -2.04. The fourth-order valence-corrected chi connectivity index (χ4v) is 2.33. The molecule has 0 amide bonds. The molecule has 21 heavy (non-hydrogen) atoms. The van der Waals surface area contributed by atoms with Crippen LogP contribution in [-0.4, -0.2) is 26.2 Å². The highest BCUT2D eigenvalue weighted by Gasteiger charge is 2.39. The molecule has 1 aromatic carbocycles. The number of azide groups is 1. The lowest BCUT2D eigenvalue weighted by Gasteiger charge is -2.31. The van der Waals surface area contributed by atoms with Crippen molar-refractivity contribution in [3.63, 3.8) is 0 Å². The van der Waals surface area contributed by atoms with Crippen LogP contribution in [0.3, 0.4) is 0 Å². The van der Waals surface area contributed by atoms with Gasteiger partial charge in [-0.1, -0.05) is 43.2 Å². The summed E-state index contributed by atoms with van der Waals surface area (Å²) < 4.78 is 4.97. The summed E-state index contributed by atoms with van der Waals surface area (Å²) in [5.74, 6) is -0.338.